The Labute approximate surface area is 102 Å². The molecule has 2 rings (SSSR count). The predicted octanol–water partition coefficient (Wildman–Crippen LogP) is 3.91. The monoisotopic (exact) mass is 240 g/mol. The minimum Gasteiger partial charge on any atom is -0.485 e. The summed E-state index contributed by atoms with van der Waals surface area (Å²) in [6, 6.07) is 0. The molecule has 0 spiro atoms. The van der Waals surface area contributed by atoms with E-state index in [1.54, 1.807) is 0 Å². The predicted molar refractivity (Wildman–Crippen MR) is 68.0 cm³/mol. The van der Waals surface area contributed by atoms with Crippen LogP contribution in [-0.2, 0) is 5.41 Å². The number of rotatable bonds is 3. The van der Waals surface area contributed by atoms with Crippen molar-refractivity contribution in [3.63, 3.8) is 0 Å². The maximum absolute atomic E-state index is 5.79. The lowest BCUT2D eigenvalue weighted by atomic mass is 9.86. The van der Waals surface area contributed by atoms with Crippen LogP contribution in [0, 0.1) is 6.92 Å². The fourth-order valence-electron chi connectivity index (χ4n) is 2.28. The van der Waals surface area contributed by atoms with Crippen LogP contribution in [0.1, 0.15) is 43.4 Å². The summed E-state index contributed by atoms with van der Waals surface area (Å²) < 4.78 is 11.5. The molecule has 0 amide bonds. The summed E-state index contributed by atoms with van der Waals surface area (Å²) in [6.07, 6.45) is 2.38. The summed E-state index contributed by atoms with van der Waals surface area (Å²) in [6.45, 7) is 10.3. The molecule has 16 heavy (non-hydrogen) atoms. The molecule has 0 atom stereocenters. The molecule has 2 nitrogen and oxygen atoms in total. The van der Waals surface area contributed by atoms with Crippen LogP contribution >= 0.6 is 11.3 Å². The average Bonchev–Trinajstić information content (AvgIpc) is 2.58. The second-order valence-electron chi connectivity index (χ2n) is 4.98. The van der Waals surface area contributed by atoms with Crippen molar-refractivity contribution in [2.45, 2.75) is 46.0 Å². The van der Waals surface area contributed by atoms with Gasteiger partial charge in [0.25, 0.3) is 0 Å². The van der Waals surface area contributed by atoms with E-state index in [-0.39, 0.29) is 5.41 Å². The first-order chi connectivity index (χ1) is 7.56. The summed E-state index contributed by atoms with van der Waals surface area (Å²) in [5.41, 5.74) is 0.193. The van der Waals surface area contributed by atoms with E-state index in [9.17, 15) is 0 Å². The van der Waals surface area contributed by atoms with Gasteiger partial charge in [-0.1, -0.05) is 27.2 Å². The highest BCUT2D eigenvalue weighted by molar-refractivity contribution is 7.12. The van der Waals surface area contributed by atoms with Crippen molar-refractivity contribution < 1.29 is 9.47 Å². The van der Waals surface area contributed by atoms with Crippen LogP contribution in [0.2, 0.25) is 0 Å². The van der Waals surface area contributed by atoms with E-state index in [4.69, 9.17) is 9.47 Å². The third kappa shape index (κ3) is 1.93. The van der Waals surface area contributed by atoms with Crippen LogP contribution < -0.4 is 9.47 Å². The molecule has 0 aromatic carbocycles. The molecular weight excluding hydrogens is 220 g/mol. The molecule has 0 saturated carbocycles. The molecule has 0 aliphatic carbocycles. The summed E-state index contributed by atoms with van der Waals surface area (Å²) in [5, 5.41) is 0. The van der Waals surface area contributed by atoms with Gasteiger partial charge in [0.05, 0.1) is 4.88 Å². The van der Waals surface area contributed by atoms with Crippen LogP contribution in [-0.4, -0.2) is 13.2 Å². The first-order valence-electron chi connectivity index (χ1n) is 5.95. The van der Waals surface area contributed by atoms with Gasteiger partial charge in [0.1, 0.15) is 13.2 Å². The van der Waals surface area contributed by atoms with Gasteiger partial charge < -0.3 is 9.47 Å². The summed E-state index contributed by atoms with van der Waals surface area (Å²) in [7, 11) is 0. The normalized spacial score (nSPS) is 15.2. The zero-order valence-electron chi connectivity index (χ0n) is 10.6. The molecule has 0 saturated heterocycles. The second kappa shape index (κ2) is 4.28. The van der Waals surface area contributed by atoms with E-state index in [2.05, 4.69) is 27.7 Å². The molecule has 0 bridgehead atoms. The van der Waals surface area contributed by atoms with Crippen molar-refractivity contribution in [2.24, 2.45) is 0 Å². The highest BCUT2D eigenvalue weighted by Crippen LogP contribution is 2.49. The van der Waals surface area contributed by atoms with Crippen molar-refractivity contribution in [1.82, 2.24) is 0 Å². The summed E-state index contributed by atoms with van der Waals surface area (Å²) >= 11 is 1.83. The molecule has 0 unspecified atom stereocenters. The largest absolute Gasteiger partial charge is 0.485 e. The number of fused-ring (bicyclic) bond motifs is 1. The van der Waals surface area contributed by atoms with Gasteiger partial charge >= 0.3 is 0 Å². The molecule has 0 N–H and O–H groups in total. The van der Waals surface area contributed by atoms with Crippen molar-refractivity contribution in [3.8, 4) is 11.5 Å². The van der Waals surface area contributed by atoms with Crippen LogP contribution in [0.3, 0.4) is 0 Å². The molecule has 90 valence electrons. The zero-order valence-corrected chi connectivity index (χ0v) is 11.4. The molecule has 1 aliphatic rings. The molecule has 1 aliphatic heterocycles. The Morgan fingerprint density at radius 2 is 1.81 bits per heavy atom. The van der Waals surface area contributed by atoms with Crippen LogP contribution in [0.4, 0.5) is 0 Å². The van der Waals surface area contributed by atoms with Crippen LogP contribution in [0.15, 0.2) is 0 Å². The van der Waals surface area contributed by atoms with Crippen LogP contribution in [0.25, 0.3) is 0 Å². The van der Waals surface area contributed by atoms with E-state index < -0.39 is 0 Å². The maximum Gasteiger partial charge on any atom is 0.176 e. The minimum atomic E-state index is 0.193. The second-order valence-corrected chi connectivity index (χ2v) is 6.20. The van der Waals surface area contributed by atoms with Crippen molar-refractivity contribution in [1.29, 1.82) is 0 Å². The molecule has 1 aromatic heterocycles. The Hall–Kier alpha value is -0.700. The summed E-state index contributed by atoms with van der Waals surface area (Å²) in [4.78, 5) is 2.59. The van der Waals surface area contributed by atoms with E-state index >= 15 is 0 Å². The fraction of sp³-hybridized carbons (Fsp3) is 0.692. The highest BCUT2D eigenvalue weighted by Gasteiger charge is 2.31. The van der Waals surface area contributed by atoms with Crippen molar-refractivity contribution >= 4 is 11.3 Å². The van der Waals surface area contributed by atoms with Gasteiger partial charge in [-0.25, -0.2) is 0 Å². The third-order valence-electron chi connectivity index (χ3n) is 3.05. The van der Waals surface area contributed by atoms with Gasteiger partial charge in [-0.3, -0.25) is 0 Å². The molecule has 3 heteroatoms. The van der Waals surface area contributed by atoms with E-state index in [1.165, 1.54) is 22.6 Å². The Kier molecular flexibility index (Phi) is 3.15. The Morgan fingerprint density at radius 1 is 1.19 bits per heavy atom. The lowest BCUT2D eigenvalue weighted by Crippen LogP contribution is -2.20. The number of hydrogen-bond donors (Lipinski definition) is 0. The fourth-order valence-corrected chi connectivity index (χ4v) is 3.45. The van der Waals surface area contributed by atoms with E-state index in [1.807, 2.05) is 11.3 Å². The first-order valence-corrected chi connectivity index (χ1v) is 6.77. The van der Waals surface area contributed by atoms with E-state index in [0.717, 1.165) is 11.5 Å². The van der Waals surface area contributed by atoms with Gasteiger partial charge in [-0.2, -0.15) is 0 Å². The SMILES string of the molecule is CCCC(C)(C)c1sc(C)c2c1OCCO2. The molecule has 1 aromatic rings. The number of thiophene rings is 1. The molecule has 2 heterocycles. The smallest absolute Gasteiger partial charge is 0.176 e. The van der Waals surface area contributed by atoms with Gasteiger partial charge in [-0.05, 0) is 13.3 Å². The van der Waals surface area contributed by atoms with Crippen LogP contribution in [0.5, 0.6) is 11.5 Å². The molecule has 0 fully saturated rings. The Bertz CT molecular complexity index is 380. The minimum absolute atomic E-state index is 0.193. The maximum atomic E-state index is 5.79. The lowest BCUT2D eigenvalue weighted by molar-refractivity contribution is 0.169. The third-order valence-corrected chi connectivity index (χ3v) is 4.49. The standard InChI is InChI=1S/C13H20O2S/c1-5-6-13(3,4)12-11-10(9(2)16-12)14-7-8-15-11/h5-8H2,1-4H3. The van der Waals surface area contributed by atoms with Gasteiger partial charge in [0, 0.05) is 10.3 Å². The molecule has 0 radical (unpaired) electrons. The zero-order chi connectivity index (χ0) is 11.8. The van der Waals surface area contributed by atoms with Gasteiger partial charge in [-0.15, -0.1) is 11.3 Å². The first kappa shape index (κ1) is 11.8. The van der Waals surface area contributed by atoms with Gasteiger partial charge in [0.15, 0.2) is 11.5 Å². The quantitative estimate of drug-likeness (QED) is 0.797. The molecular formula is C13H20O2S. The number of ether oxygens (including phenoxy) is 2. The van der Waals surface area contributed by atoms with Crippen molar-refractivity contribution in [3.05, 3.63) is 9.75 Å². The highest BCUT2D eigenvalue weighted by atomic mass is 32.1. The average molecular weight is 240 g/mol. The topological polar surface area (TPSA) is 18.5 Å². The Morgan fingerprint density at radius 3 is 2.44 bits per heavy atom. The lowest BCUT2D eigenvalue weighted by Gasteiger charge is -2.25. The van der Waals surface area contributed by atoms with E-state index in [0.29, 0.717) is 13.2 Å². The Balaban J connectivity index is 2.41. The number of aryl methyl sites for hydroxylation is 1. The number of hydrogen-bond acceptors (Lipinski definition) is 3. The van der Waals surface area contributed by atoms with Crippen molar-refractivity contribution in [2.75, 3.05) is 13.2 Å². The van der Waals surface area contributed by atoms with Gasteiger partial charge in [0.2, 0.25) is 0 Å². The summed E-state index contributed by atoms with van der Waals surface area (Å²) in [5.74, 6) is 1.99.